The molecule has 9 nitrogen and oxygen atoms in total. The van der Waals surface area contributed by atoms with E-state index in [2.05, 4.69) is 53.4 Å². The van der Waals surface area contributed by atoms with Crippen molar-refractivity contribution in [3.05, 3.63) is 48.6 Å². The second-order valence-electron chi connectivity index (χ2n) is 22.1. The fraction of sp³-hybridized carbons (Fsp3) is 0.700. The Morgan fingerprint density at radius 2 is 1.55 bits per heavy atom. The summed E-state index contributed by atoms with van der Waals surface area (Å²) in [4.78, 5) is 42.0. The van der Waals surface area contributed by atoms with Crippen molar-refractivity contribution in [3.63, 3.8) is 0 Å². The average Bonchev–Trinajstić information content (AvgIpc) is 3.57. The van der Waals surface area contributed by atoms with Gasteiger partial charge in [0.2, 0.25) is 5.91 Å². The summed E-state index contributed by atoms with van der Waals surface area (Å²) < 4.78 is 34.1. The Hall–Kier alpha value is -3.40. The molecule has 10 atom stereocenters. The molecule has 0 unspecified atom stereocenters. The van der Waals surface area contributed by atoms with Crippen molar-refractivity contribution in [1.29, 1.82) is 0 Å². The van der Waals surface area contributed by atoms with E-state index in [1.54, 1.807) is 26.0 Å². The molecule has 5 aliphatic rings. The van der Waals surface area contributed by atoms with E-state index in [4.69, 9.17) is 4.74 Å². The lowest BCUT2D eigenvalue weighted by Gasteiger charge is -2.72. The van der Waals surface area contributed by atoms with Gasteiger partial charge in [0.05, 0.1) is 27.9 Å². The van der Waals surface area contributed by atoms with E-state index in [9.17, 15) is 27.9 Å². The number of carboxylic acid groups (broad SMARTS) is 1. The monoisotopic (exact) mass is 845 g/mol. The number of sulfone groups is 1. The van der Waals surface area contributed by atoms with E-state index in [1.165, 1.54) is 0 Å². The van der Waals surface area contributed by atoms with Crippen molar-refractivity contribution in [3.8, 4) is 0 Å². The van der Waals surface area contributed by atoms with Crippen LogP contribution in [0.3, 0.4) is 0 Å². The van der Waals surface area contributed by atoms with Gasteiger partial charge in [-0.3, -0.25) is 14.4 Å². The number of nitrogens with zero attached hydrogens (tertiary/aromatic N) is 1. The number of carboxylic acids is 1. The highest BCUT2D eigenvalue weighted by Crippen LogP contribution is 2.77. The number of allylic oxidation sites excluding steroid dienone is 1. The van der Waals surface area contributed by atoms with Gasteiger partial charge in [-0.2, -0.15) is 0 Å². The third kappa shape index (κ3) is 6.83. The first-order chi connectivity index (χ1) is 27.9. The van der Waals surface area contributed by atoms with Crippen molar-refractivity contribution < 1.29 is 32.6 Å². The molecule has 0 aromatic heterocycles. The molecular weight excluding hydrogens is 773 g/mol. The molecule has 0 spiro atoms. The summed E-state index contributed by atoms with van der Waals surface area (Å²) in [5.41, 5.74) is 0.224. The van der Waals surface area contributed by atoms with Gasteiger partial charge in [0.1, 0.15) is 6.10 Å². The van der Waals surface area contributed by atoms with Crippen molar-refractivity contribution >= 4 is 44.1 Å². The Morgan fingerprint density at radius 3 is 2.22 bits per heavy atom. The van der Waals surface area contributed by atoms with E-state index >= 15 is 0 Å². The van der Waals surface area contributed by atoms with Crippen molar-refractivity contribution in [2.75, 3.05) is 31.3 Å². The zero-order chi connectivity index (χ0) is 44.0. The number of nitrogens with one attached hydrogen (secondary N) is 1. The molecule has 0 radical (unpaired) electrons. The molecule has 5 saturated carbocycles. The highest BCUT2D eigenvalue weighted by molar-refractivity contribution is 7.91. The van der Waals surface area contributed by atoms with Crippen LogP contribution in [0.1, 0.15) is 126 Å². The Morgan fingerprint density at radius 1 is 0.867 bits per heavy atom. The van der Waals surface area contributed by atoms with Gasteiger partial charge in [0.15, 0.2) is 9.84 Å². The molecule has 5 aliphatic carbocycles. The van der Waals surface area contributed by atoms with Gasteiger partial charge in [0, 0.05) is 42.5 Å². The molecule has 0 heterocycles. The lowest BCUT2D eigenvalue weighted by Crippen LogP contribution is -2.67. The number of anilines is 1. The summed E-state index contributed by atoms with van der Waals surface area (Å²) in [6.07, 6.45) is 9.07. The van der Waals surface area contributed by atoms with Crippen LogP contribution in [-0.4, -0.2) is 63.9 Å². The highest BCUT2D eigenvalue weighted by atomic mass is 32.2. The van der Waals surface area contributed by atoms with Gasteiger partial charge in [-0.1, -0.05) is 71.0 Å². The minimum Gasteiger partial charge on any atom is -0.481 e. The lowest BCUT2D eigenvalue weighted by atomic mass is 9.32. The molecule has 0 aliphatic heterocycles. The van der Waals surface area contributed by atoms with Crippen LogP contribution in [0.4, 0.5) is 5.69 Å². The number of aliphatic carboxylic acids is 1. The summed E-state index contributed by atoms with van der Waals surface area (Å²) in [6.45, 7) is 22.0. The zero-order valence-corrected chi connectivity index (χ0v) is 38.9. The van der Waals surface area contributed by atoms with E-state index in [-0.39, 0.29) is 64.2 Å². The molecule has 2 aromatic carbocycles. The Kier molecular flexibility index (Phi) is 11.3. The lowest BCUT2D eigenvalue weighted by molar-refractivity contribution is -0.249. The standard InChI is InChI=1S/C50H72N2O7S/c1-31(2)32-20-25-50(43(54)51-28-29-60(57,58)37-17-13-14-33-34(37)15-12-16-36(33)52(10)11)27-26-48(8)35(42(32)50)18-19-39-47(7)23-22-40(59-41(53)30-45(3,4)44(55)56)46(5,6)38(47)21-24-49(39,48)9/h12-17,32,35,38-40,42H,1,18-30H2,2-11H3,(H,51,54)(H,55,56)/t32-,35+,38-,39+,40-,42+,47-,48+,49+,50-/m0/s1. The molecule has 10 heteroatoms. The summed E-state index contributed by atoms with van der Waals surface area (Å²) in [6, 6.07) is 11.2. The Balaban J connectivity index is 1.10. The minimum atomic E-state index is -3.69. The molecule has 1 amide bonds. The first-order valence-electron chi connectivity index (χ1n) is 22.7. The Labute approximate surface area is 359 Å². The fourth-order valence-corrected chi connectivity index (χ4v) is 16.3. The van der Waals surface area contributed by atoms with Crippen LogP contribution >= 0.6 is 0 Å². The third-order valence-electron chi connectivity index (χ3n) is 18.2. The van der Waals surface area contributed by atoms with Gasteiger partial charge < -0.3 is 20.1 Å². The smallest absolute Gasteiger partial charge is 0.309 e. The van der Waals surface area contributed by atoms with Crippen LogP contribution in [0.5, 0.6) is 0 Å². The maximum Gasteiger partial charge on any atom is 0.309 e. The summed E-state index contributed by atoms with van der Waals surface area (Å²) in [7, 11) is 0.214. The van der Waals surface area contributed by atoms with E-state index in [1.807, 2.05) is 43.3 Å². The normalized spacial score (nSPS) is 35.9. The van der Waals surface area contributed by atoms with E-state index in [0.717, 1.165) is 80.9 Å². The minimum absolute atomic E-state index is 0.00930. The van der Waals surface area contributed by atoms with Gasteiger partial charge in [0.25, 0.3) is 0 Å². The van der Waals surface area contributed by atoms with Crippen molar-refractivity contribution in [1.82, 2.24) is 5.32 Å². The first kappa shape index (κ1) is 44.6. The SMILES string of the molecule is C=C(C)[C@@H]1CC[C@]2(C(=O)NCCS(=O)(=O)c3cccc4c(N(C)C)cccc34)CC[C@]3(C)[C@H](CC[C@@H]4[C@@]5(C)CC[C@H](OC(=O)CC(C)(C)C(=O)O)C(C)(C)[C@@H]5CC[C@]43C)[C@@H]12. The van der Waals surface area contributed by atoms with Gasteiger partial charge in [-0.05, 0) is 143 Å². The number of hydrogen-bond donors (Lipinski definition) is 2. The number of benzene rings is 2. The topological polar surface area (TPSA) is 130 Å². The average molecular weight is 845 g/mol. The summed E-state index contributed by atoms with van der Waals surface area (Å²) in [5, 5.41) is 14.5. The number of ether oxygens (including phenoxy) is 1. The van der Waals surface area contributed by atoms with Crippen LogP contribution in [0.15, 0.2) is 53.4 Å². The van der Waals surface area contributed by atoms with Crippen LogP contribution in [-0.2, 0) is 29.0 Å². The molecular formula is C50H72N2O7S. The highest BCUT2D eigenvalue weighted by Gasteiger charge is 2.72. The van der Waals surface area contributed by atoms with Crippen molar-refractivity contribution in [2.45, 2.75) is 137 Å². The number of rotatable bonds is 11. The van der Waals surface area contributed by atoms with Crippen LogP contribution in [0, 0.1) is 62.1 Å². The predicted octanol–water partition coefficient (Wildman–Crippen LogP) is 9.87. The number of carbonyl (C=O) groups excluding carboxylic acids is 2. The number of fused-ring (bicyclic) bond motifs is 8. The van der Waals surface area contributed by atoms with Gasteiger partial charge in [-0.15, -0.1) is 0 Å². The first-order valence-corrected chi connectivity index (χ1v) is 24.3. The zero-order valence-electron chi connectivity index (χ0n) is 38.1. The molecule has 7 rings (SSSR count). The third-order valence-corrected chi connectivity index (χ3v) is 20.0. The van der Waals surface area contributed by atoms with Gasteiger partial charge >= 0.3 is 11.9 Å². The molecule has 2 N–H and O–H groups in total. The van der Waals surface area contributed by atoms with Gasteiger partial charge in [-0.25, -0.2) is 8.42 Å². The number of amides is 1. The largest absolute Gasteiger partial charge is 0.481 e. The number of hydrogen-bond acceptors (Lipinski definition) is 7. The number of esters is 1. The summed E-state index contributed by atoms with van der Waals surface area (Å²) >= 11 is 0. The van der Waals surface area contributed by atoms with Crippen LogP contribution in [0.2, 0.25) is 0 Å². The van der Waals surface area contributed by atoms with E-state index < -0.39 is 32.6 Å². The van der Waals surface area contributed by atoms with Crippen molar-refractivity contribution in [2.24, 2.45) is 62.1 Å². The molecule has 2 aromatic rings. The molecule has 0 bridgehead atoms. The molecule has 330 valence electrons. The Bertz CT molecular complexity index is 2180. The second-order valence-corrected chi connectivity index (χ2v) is 24.2. The summed E-state index contributed by atoms with van der Waals surface area (Å²) in [5.74, 6) is -0.00279. The fourth-order valence-electron chi connectivity index (χ4n) is 14.9. The van der Waals surface area contributed by atoms with Crippen LogP contribution in [0.25, 0.3) is 10.8 Å². The molecule has 0 saturated heterocycles. The molecule has 5 fully saturated rings. The molecule has 60 heavy (non-hydrogen) atoms. The maximum atomic E-state index is 14.8. The quantitative estimate of drug-likeness (QED) is 0.169. The second kappa shape index (κ2) is 15.1. The maximum absolute atomic E-state index is 14.8. The van der Waals surface area contributed by atoms with E-state index in [0.29, 0.717) is 28.0 Å². The number of carbonyl (C=O) groups is 3. The van der Waals surface area contributed by atoms with Crippen LogP contribution < -0.4 is 10.2 Å². The predicted molar refractivity (Wildman–Crippen MR) is 238 cm³/mol.